The summed E-state index contributed by atoms with van der Waals surface area (Å²) in [6.45, 7) is 1.30. The Morgan fingerprint density at radius 1 is 0.909 bits per heavy atom. The second-order valence-electron chi connectivity index (χ2n) is 5.60. The average molecular weight is 295 g/mol. The molecule has 1 amide bonds. The molecule has 1 aliphatic heterocycles. The van der Waals surface area contributed by atoms with Gasteiger partial charge in [-0.05, 0) is 30.5 Å². The number of hydrogen-bond acceptors (Lipinski definition) is 2. The molecule has 0 aromatic heterocycles. The third-order valence-electron chi connectivity index (χ3n) is 3.97. The first-order valence-corrected chi connectivity index (χ1v) is 7.91. The number of para-hydroxylation sites is 2. The molecule has 0 radical (unpaired) electrons. The van der Waals surface area contributed by atoms with Gasteiger partial charge in [0.15, 0.2) is 0 Å². The van der Waals surface area contributed by atoms with Crippen LogP contribution in [0.5, 0.6) is 5.75 Å². The SMILES string of the molecule is O=C1CCCCCN1c1ccccc1OCc1ccccc1. The molecule has 114 valence electrons. The number of anilines is 1. The van der Waals surface area contributed by atoms with Gasteiger partial charge in [-0.15, -0.1) is 0 Å². The van der Waals surface area contributed by atoms with E-state index in [2.05, 4.69) is 0 Å². The number of carbonyl (C=O) groups excluding carboxylic acids is 1. The zero-order valence-electron chi connectivity index (χ0n) is 12.7. The molecule has 2 aromatic carbocycles. The molecule has 1 aliphatic rings. The highest BCUT2D eigenvalue weighted by molar-refractivity contribution is 5.95. The highest BCUT2D eigenvalue weighted by Crippen LogP contribution is 2.31. The zero-order chi connectivity index (χ0) is 15.2. The Morgan fingerprint density at radius 3 is 2.55 bits per heavy atom. The van der Waals surface area contributed by atoms with Crippen LogP contribution in [0.25, 0.3) is 0 Å². The van der Waals surface area contributed by atoms with Crippen molar-refractivity contribution in [3.63, 3.8) is 0 Å². The van der Waals surface area contributed by atoms with Crippen molar-refractivity contribution in [2.24, 2.45) is 0 Å². The molecule has 0 spiro atoms. The van der Waals surface area contributed by atoms with Gasteiger partial charge in [0.1, 0.15) is 12.4 Å². The van der Waals surface area contributed by atoms with Crippen LogP contribution in [0.15, 0.2) is 54.6 Å². The van der Waals surface area contributed by atoms with Crippen molar-refractivity contribution in [3.8, 4) is 5.75 Å². The van der Waals surface area contributed by atoms with E-state index in [1.165, 1.54) is 0 Å². The Morgan fingerprint density at radius 2 is 1.68 bits per heavy atom. The summed E-state index contributed by atoms with van der Waals surface area (Å²) in [6.07, 6.45) is 3.80. The molecular formula is C19H21NO2. The van der Waals surface area contributed by atoms with Crippen molar-refractivity contribution in [2.75, 3.05) is 11.4 Å². The van der Waals surface area contributed by atoms with Gasteiger partial charge in [0.2, 0.25) is 5.91 Å². The fourth-order valence-corrected chi connectivity index (χ4v) is 2.77. The molecule has 3 rings (SSSR count). The average Bonchev–Trinajstić information content (AvgIpc) is 2.79. The Bertz CT molecular complexity index is 624. The molecule has 22 heavy (non-hydrogen) atoms. The van der Waals surface area contributed by atoms with Crippen LogP contribution in [0.2, 0.25) is 0 Å². The maximum Gasteiger partial charge on any atom is 0.227 e. The summed E-state index contributed by atoms with van der Waals surface area (Å²) in [5.41, 5.74) is 2.02. The van der Waals surface area contributed by atoms with E-state index in [4.69, 9.17) is 4.74 Å². The smallest absolute Gasteiger partial charge is 0.227 e. The van der Waals surface area contributed by atoms with Crippen molar-refractivity contribution < 1.29 is 9.53 Å². The zero-order valence-corrected chi connectivity index (χ0v) is 12.7. The van der Waals surface area contributed by atoms with Gasteiger partial charge in [-0.25, -0.2) is 0 Å². The van der Waals surface area contributed by atoms with E-state index in [9.17, 15) is 4.79 Å². The van der Waals surface area contributed by atoms with E-state index in [1.807, 2.05) is 59.5 Å². The molecular weight excluding hydrogens is 274 g/mol. The van der Waals surface area contributed by atoms with Gasteiger partial charge in [-0.2, -0.15) is 0 Å². The lowest BCUT2D eigenvalue weighted by Gasteiger charge is -2.23. The number of hydrogen-bond donors (Lipinski definition) is 0. The van der Waals surface area contributed by atoms with Crippen LogP contribution in [0, 0.1) is 0 Å². The Kier molecular flexibility index (Phi) is 4.74. The van der Waals surface area contributed by atoms with Crippen molar-refractivity contribution in [1.29, 1.82) is 0 Å². The predicted octanol–water partition coefficient (Wildman–Crippen LogP) is 4.17. The summed E-state index contributed by atoms with van der Waals surface area (Å²) in [7, 11) is 0. The summed E-state index contributed by atoms with van der Waals surface area (Å²) in [5, 5.41) is 0. The predicted molar refractivity (Wildman–Crippen MR) is 88.0 cm³/mol. The number of ether oxygens (including phenoxy) is 1. The molecule has 0 unspecified atom stereocenters. The largest absolute Gasteiger partial charge is 0.487 e. The lowest BCUT2D eigenvalue weighted by atomic mass is 10.2. The number of carbonyl (C=O) groups is 1. The molecule has 0 atom stereocenters. The van der Waals surface area contributed by atoms with Gasteiger partial charge in [-0.3, -0.25) is 4.79 Å². The monoisotopic (exact) mass is 295 g/mol. The van der Waals surface area contributed by atoms with Crippen LogP contribution in [0.1, 0.15) is 31.2 Å². The summed E-state index contributed by atoms with van der Waals surface area (Å²) < 4.78 is 5.97. The van der Waals surface area contributed by atoms with E-state index in [0.717, 1.165) is 42.8 Å². The fraction of sp³-hybridized carbons (Fsp3) is 0.316. The van der Waals surface area contributed by atoms with Crippen molar-refractivity contribution in [2.45, 2.75) is 32.3 Å². The number of rotatable bonds is 4. The van der Waals surface area contributed by atoms with Crippen LogP contribution < -0.4 is 9.64 Å². The Balaban J connectivity index is 1.78. The standard InChI is InChI=1S/C19H21NO2/c21-19-13-5-2-8-14-20(19)17-11-6-7-12-18(17)22-15-16-9-3-1-4-10-16/h1,3-4,6-7,9-12H,2,5,8,13-15H2. The van der Waals surface area contributed by atoms with Gasteiger partial charge >= 0.3 is 0 Å². The lowest BCUT2D eigenvalue weighted by Crippen LogP contribution is -2.30. The minimum absolute atomic E-state index is 0.202. The van der Waals surface area contributed by atoms with E-state index in [0.29, 0.717) is 13.0 Å². The van der Waals surface area contributed by atoms with Gasteiger partial charge in [0.05, 0.1) is 5.69 Å². The van der Waals surface area contributed by atoms with Crippen molar-refractivity contribution in [3.05, 3.63) is 60.2 Å². The lowest BCUT2D eigenvalue weighted by molar-refractivity contribution is -0.118. The fourth-order valence-electron chi connectivity index (χ4n) is 2.77. The summed E-state index contributed by atoms with van der Waals surface area (Å²) in [5.74, 6) is 0.981. The summed E-state index contributed by atoms with van der Waals surface area (Å²) >= 11 is 0. The molecule has 0 bridgehead atoms. The maximum atomic E-state index is 12.3. The van der Waals surface area contributed by atoms with E-state index >= 15 is 0 Å². The van der Waals surface area contributed by atoms with Crippen molar-refractivity contribution >= 4 is 11.6 Å². The molecule has 1 heterocycles. The second-order valence-corrected chi connectivity index (χ2v) is 5.60. The van der Waals surface area contributed by atoms with E-state index in [1.54, 1.807) is 0 Å². The van der Waals surface area contributed by atoms with Crippen LogP contribution in [-0.4, -0.2) is 12.5 Å². The van der Waals surface area contributed by atoms with Gasteiger partial charge < -0.3 is 9.64 Å². The quantitative estimate of drug-likeness (QED) is 0.847. The molecule has 0 aliphatic carbocycles. The highest BCUT2D eigenvalue weighted by atomic mass is 16.5. The van der Waals surface area contributed by atoms with E-state index in [-0.39, 0.29) is 5.91 Å². The first kappa shape index (κ1) is 14.6. The normalized spacial score (nSPS) is 15.5. The Hall–Kier alpha value is -2.29. The summed E-state index contributed by atoms with van der Waals surface area (Å²) in [4.78, 5) is 14.2. The minimum atomic E-state index is 0.202. The first-order valence-electron chi connectivity index (χ1n) is 7.91. The Labute approximate surface area is 131 Å². The molecule has 1 saturated heterocycles. The van der Waals surface area contributed by atoms with Crippen molar-refractivity contribution in [1.82, 2.24) is 0 Å². The van der Waals surface area contributed by atoms with Crippen LogP contribution in [0.3, 0.4) is 0 Å². The maximum absolute atomic E-state index is 12.3. The number of benzene rings is 2. The minimum Gasteiger partial charge on any atom is -0.487 e. The molecule has 3 heteroatoms. The molecule has 0 saturated carbocycles. The highest BCUT2D eigenvalue weighted by Gasteiger charge is 2.21. The molecule has 2 aromatic rings. The van der Waals surface area contributed by atoms with Gasteiger partial charge in [0.25, 0.3) is 0 Å². The summed E-state index contributed by atoms with van der Waals surface area (Å²) in [6, 6.07) is 17.9. The molecule has 1 fully saturated rings. The topological polar surface area (TPSA) is 29.5 Å². The van der Waals surface area contributed by atoms with Crippen LogP contribution >= 0.6 is 0 Å². The van der Waals surface area contributed by atoms with Crippen LogP contribution in [-0.2, 0) is 11.4 Å². The third-order valence-corrected chi connectivity index (χ3v) is 3.97. The third kappa shape index (κ3) is 3.48. The second kappa shape index (κ2) is 7.12. The van der Waals surface area contributed by atoms with Crippen LogP contribution in [0.4, 0.5) is 5.69 Å². The molecule has 3 nitrogen and oxygen atoms in total. The van der Waals surface area contributed by atoms with E-state index < -0.39 is 0 Å². The molecule has 0 N–H and O–H groups in total. The van der Waals surface area contributed by atoms with Gasteiger partial charge in [-0.1, -0.05) is 48.9 Å². The van der Waals surface area contributed by atoms with Gasteiger partial charge in [0, 0.05) is 13.0 Å². The number of nitrogens with zero attached hydrogens (tertiary/aromatic N) is 1. The number of amides is 1. The first-order chi connectivity index (χ1) is 10.8.